The van der Waals surface area contributed by atoms with E-state index < -0.39 is 0 Å². The average Bonchev–Trinajstić information content (AvgIpc) is 2.82. The highest BCUT2D eigenvalue weighted by atomic mass is 16.5. The summed E-state index contributed by atoms with van der Waals surface area (Å²) in [6.45, 7) is 6.04. The normalized spacial score (nSPS) is 49.2. The van der Waals surface area contributed by atoms with Crippen LogP contribution in [-0.4, -0.2) is 23.6 Å². The molecule has 0 N–H and O–H groups in total. The first kappa shape index (κ1) is 17.2. The maximum Gasteiger partial charge on any atom is 0.302 e. The number of fused-ring (bicyclic) bond motifs is 5. The van der Waals surface area contributed by atoms with E-state index in [9.17, 15) is 14.4 Å². The number of carbonyl (C=O) groups excluding carboxylic acids is 3. The van der Waals surface area contributed by atoms with Crippen molar-refractivity contribution in [3.8, 4) is 0 Å². The van der Waals surface area contributed by atoms with Crippen LogP contribution in [0.4, 0.5) is 0 Å². The highest BCUT2D eigenvalue weighted by Crippen LogP contribution is 2.64. The van der Waals surface area contributed by atoms with Crippen LogP contribution in [0.15, 0.2) is 0 Å². The lowest BCUT2D eigenvalue weighted by Crippen LogP contribution is -2.56. The lowest BCUT2D eigenvalue weighted by atomic mass is 9.45. The first-order valence-electron chi connectivity index (χ1n) is 9.97. The van der Waals surface area contributed by atoms with Crippen molar-refractivity contribution in [1.29, 1.82) is 0 Å². The van der Waals surface area contributed by atoms with E-state index >= 15 is 0 Å². The van der Waals surface area contributed by atoms with E-state index in [-0.39, 0.29) is 40.4 Å². The summed E-state index contributed by atoms with van der Waals surface area (Å²) in [7, 11) is 0. The molecule has 4 aliphatic rings. The molecule has 4 fully saturated rings. The Morgan fingerprint density at radius 3 is 2.52 bits per heavy atom. The summed E-state index contributed by atoms with van der Waals surface area (Å²) in [5.41, 5.74) is 0.0524. The summed E-state index contributed by atoms with van der Waals surface area (Å²) in [6, 6.07) is 0. The van der Waals surface area contributed by atoms with Gasteiger partial charge in [0.15, 0.2) is 0 Å². The summed E-state index contributed by atoms with van der Waals surface area (Å²) in [4.78, 5) is 36.5. The van der Waals surface area contributed by atoms with E-state index in [1.807, 2.05) is 0 Å². The van der Waals surface area contributed by atoms with Gasteiger partial charge in [0, 0.05) is 19.8 Å². The maximum absolute atomic E-state index is 12.8. The van der Waals surface area contributed by atoms with Crippen LogP contribution in [-0.2, 0) is 19.1 Å². The smallest absolute Gasteiger partial charge is 0.302 e. The van der Waals surface area contributed by atoms with Crippen molar-refractivity contribution in [2.75, 3.05) is 0 Å². The molecule has 0 aromatic carbocycles. The Labute approximate surface area is 150 Å². The van der Waals surface area contributed by atoms with Gasteiger partial charge < -0.3 is 4.74 Å². The third kappa shape index (κ3) is 2.50. The molecule has 0 spiro atoms. The second kappa shape index (κ2) is 5.65. The maximum atomic E-state index is 12.8. The van der Waals surface area contributed by atoms with E-state index in [0.717, 1.165) is 38.5 Å². The summed E-state index contributed by atoms with van der Waals surface area (Å²) in [5, 5.41) is 0. The molecule has 25 heavy (non-hydrogen) atoms. The van der Waals surface area contributed by atoms with Gasteiger partial charge in [-0.25, -0.2) is 0 Å². The third-order valence-electron chi connectivity index (χ3n) is 8.28. The lowest BCUT2D eigenvalue weighted by molar-refractivity contribution is -0.163. The number of rotatable bonds is 1. The molecule has 138 valence electrons. The minimum atomic E-state index is -0.324. The predicted octanol–water partition coefficient (Wildman–Crippen LogP) is 3.71. The van der Waals surface area contributed by atoms with Gasteiger partial charge in [0.05, 0.1) is 5.92 Å². The Kier molecular flexibility index (Phi) is 3.90. The van der Waals surface area contributed by atoms with E-state index in [0.29, 0.717) is 30.6 Å². The van der Waals surface area contributed by atoms with Crippen LogP contribution in [0.3, 0.4) is 0 Å². The van der Waals surface area contributed by atoms with Crippen molar-refractivity contribution in [3.63, 3.8) is 0 Å². The van der Waals surface area contributed by atoms with Crippen LogP contribution in [0, 0.1) is 34.5 Å². The number of hydrogen-bond acceptors (Lipinski definition) is 4. The van der Waals surface area contributed by atoms with E-state index in [1.54, 1.807) is 0 Å². The van der Waals surface area contributed by atoms with E-state index in [2.05, 4.69) is 13.8 Å². The van der Waals surface area contributed by atoms with Crippen LogP contribution in [0.1, 0.15) is 72.1 Å². The quantitative estimate of drug-likeness (QED) is 0.536. The fourth-order valence-corrected chi connectivity index (χ4v) is 7.27. The van der Waals surface area contributed by atoms with Gasteiger partial charge in [0.25, 0.3) is 0 Å². The molecule has 4 nitrogen and oxygen atoms in total. The Morgan fingerprint density at radius 1 is 1.04 bits per heavy atom. The number of carbonyl (C=O) groups is 3. The van der Waals surface area contributed by atoms with Gasteiger partial charge in [0.2, 0.25) is 0 Å². The SMILES string of the molecule is CC(=O)OC1CCC2C3CC(=O)C4C(=O)CCC4(C)C3CCC2(C)C1. The second-order valence-electron chi connectivity index (χ2n) is 9.66. The zero-order valence-corrected chi connectivity index (χ0v) is 15.7. The molecule has 0 bridgehead atoms. The Morgan fingerprint density at radius 2 is 1.80 bits per heavy atom. The number of esters is 1. The summed E-state index contributed by atoms with van der Waals surface area (Å²) >= 11 is 0. The van der Waals surface area contributed by atoms with Gasteiger partial charge in [-0.1, -0.05) is 13.8 Å². The predicted molar refractivity (Wildman–Crippen MR) is 92.7 cm³/mol. The van der Waals surface area contributed by atoms with Crippen molar-refractivity contribution in [3.05, 3.63) is 0 Å². The van der Waals surface area contributed by atoms with Crippen molar-refractivity contribution < 1.29 is 19.1 Å². The number of ketones is 2. The molecule has 0 saturated heterocycles. The molecule has 0 radical (unpaired) electrons. The zero-order chi connectivity index (χ0) is 18.0. The van der Waals surface area contributed by atoms with Gasteiger partial charge in [-0.05, 0) is 67.1 Å². The zero-order valence-electron chi connectivity index (χ0n) is 15.7. The van der Waals surface area contributed by atoms with Gasteiger partial charge >= 0.3 is 5.97 Å². The molecule has 7 unspecified atom stereocenters. The molecule has 4 aliphatic carbocycles. The summed E-state index contributed by atoms with van der Waals surface area (Å²) in [6.07, 6.45) is 7.22. The van der Waals surface area contributed by atoms with Crippen molar-refractivity contribution in [2.24, 2.45) is 34.5 Å². The molecule has 0 aliphatic heterocycles. The first-order valence-corrected chi connectivity index (χ1v) is 9.97. The molecule has 4 rings (SSSR count). The summed E-state index contributed by atoms with van der Waals surface area (Å²) < 4.78 is 5.52. The van der Waals surface area contributed by atoms with Crippen LogP contribution in [0.2, 0.25) is 0 Å². The number of hydrogen-bond donors (Lipinski definition) is 0. The van der Waals surface area contributed by atoms with Crippen LogP contribution >= 0.6 is 0 Å². The summed E-state index contributed by atoms with van der Waals surface area (Å²) in [5.74, 6) is 1.33. The average molecular weight is 346 g/mol. The Bertz CT molecular complexity index is 625. The number of Topliss-reactive ketones (excluding diaryl/α,β-unsaturated/α-hetero) is 2. The van der Waals surface area contributed by atoms with Crippen LogP contribution in [0.25, 0.3) is 0 Å². The monoisotopic (exact) mass is 346 g/mol. The lowest BCUT2D eigenvalue weighted by Gasteiger charge is -2.59. The van der Waals surface area contributed by atoms with Crippen LogP contribution in [0.5, 0.6) is 0 Å². The molecular weight excluding hydrogens is 316 g/mol. The first-order chi connectivity index (χ1) is 11.7. The molecule has 7 atom stereocenters. The Hall–Kier alpha value is -1.19. The largest absolute Gasteiger partial charge is 0.463 e. The van der Waals surface area contributed by atoms with Gasteiger partial charge in [-0.3, -0.25) is 14.4 Å². The molecular formula is C21H30O4. The van der Waals surface area contributed by atoms with Crippen molar-refractivity contribution in [2.45, 2.75) is 78.2 Å². The molecule has 4 saturated carbocycles. The molecule has 0 aromatic heterocycles. The third-order valence-corrected chi connectivity index (χ3v) is 8.28. The minimum Gasteiger partial charge on any atom is -0.463 e. The highest BCUT2D eigenvalue weighted by Gasteiger charge is 2.62. The molecule has 0 amide bonds. The second-order valence-corrected chi connectivity index (χ2v) is 9.66. The van der Waals surface area contributed by atoms with Gasteiger partial charge in [0.1, 0.15) is 17.7 Å². The van der Waals surface area contributed by atoms with Gasteiger partial charge in [-0.15, -0.1) is 0 Å². The van der Waals surface area contributed by atoms with Crippen molar-refractivity contribution in [1.82, 2.24) is 0 Å². The fourth-order valence-electron chi connectivity index (χ4n) is 7.27. The topological polar surface area (TPSA) is 60.4 Å². The standard InChI is InChI=1S/C21H30O4/c1-12(22)25-13-4-5-15-14-10-18(24)19-17(23)7-9-21(19,3)16(14)6-8-20(15,2)11-13/h13-16,19H,4-11H2,1-3H3. The van der Waals surface area contributed by atoms with Crippen LogP contribution < -0.4 is 0 Å². The van der Waals surface area contributed by atoms with Crippen molar-refractivity contribution >= 4 is 17.5 Å². The Balaban J connectivity index is 1.60. The fraction of sp³-hybridized carbons (Fsp3) is 0.857. The molecule has 4 heteroatoms. The van der Waals surface area contributed by atoms with E-state index in [4.69, 9.17) is 4.74 Å². The minimum absolute atomic E-state index is 0.0333. The number of ether oxygens (including phenoxy) is 1. The van der Waals surface area contributed by atoms with E-state index in [1.165, 1.54) is 6.92 Å². The highest BCUT2D eigenvalue weighted by molar-refractivity contribution is 6.05. The van der Waals surface area contributed by atoms with Gasteiger partial charge in [-0.2, -0.15) is 0 Å². The molecule has 0 heterocycles. The molecule has 0 aromatic rings.